The Morgan fingerprint density at radius 2 is 1.90 bits per heavy atom. The van der Waals surface area contributed by atoms with Crippen LogP contribution < -0.4 is 5.73 Å². The summed E-state index contributed by atoms with van der Waals surface area (Å²) in [5, 5.41) is 9.16. The van der Waals surface area contributed by atoms with Crippen molar-refractivity contribution in [2.45, 2.75) is 44.8 Å². The first-order valence-corrected chi connectivity index (χ1v) is 4.15. The van der Waals surface area contributed by atoms with Gasteiger partial charge in [-0.1, -0.05) is 12.8 Å². The zero-order chi connectivity index (χ0) is 7.56. The molecule has 0 radical (unpaired) electrons. The van der Waals surface area contributed by atoms with E-state index in [2.05, 4.69) is 0 Å². The van der Waals surface area contributed by atoms with E-state index in [0.717, 1.165) is 0 Å². The molecule has 2 nitrogen and oxygen atoms in total. The van der Waals surface area contributed by atoms with E-state index >= 15 is 0 Å². The molecule has 0 heterocycles. The summed E-state index contributed by atoms with van der Waals surface area (Å²) in [7, 11) is 0. The number of hydrogen-bond acceptors (Lipinski definition) is 2. The second kappa shape index (κ2) is 3.35. The summed E-state index contributed by atoms with van der Waals surface area (Å²) in [6, 6.07) is 0.0162. The van der Waals surface area contributed by atoms with Crippen molar-refractivity contribution < 1.29 is 5.11 Å². The van der Waals surface area contributed by atoms with Gasteiger partial charge in [-0.15, -0.1) is 0 Å². The smallest absolute Gasteiger partial charge is 0.0665 e. The molecule has 1 saturated carbocycles. The Balaban J connectivity index is 2.32. The summed E-state index contributed by atoms with van der Waals surface area (Å²) in [4.78, 5) is 0. The molecule has 1 aliphatic carbocycles. The quantitative estimate of drug-likeness (QED) is 0.603. The minimum Gasteiger partial charge on any atom is -0.392 e. The first-order valence-electron chi connectivity index (χ1n) is 4.15. The monoisotopic (exact) mass is 143 g/mol. The highest BCUT2D eigenvalue weighted by Gasteiger charge is 2.24. The van der Waals surface area contributed by atoms with Gasteiger partial charge in [-0.05, 0) is 25.7 Å². The highest BCUT2D eigenvalue weighted by Crippen LogP contribution is 2.27. The molecule has 3 N–H and O–H groups in total. The Labute approximate surface area is 62.4 Å². The van der Waals surface area contributed by atoms with Gasteiger partial charge in [0.1, 0.15) is 0 Å². The molecule has 60 valence electrons. The summed E-state index contributed by atoms with van der Waals surface area (Å²) in [5.41, 5.74) is 5.77. The van der Waals surface area contributed by atoms with Gasteiger partial charge in [0.2, 0.25) is 0 Å². The van der Waals surface area contributed by atoms with Gasteiger partial charge in [0.15, 0.2) is 0 Å². The Morgan fingerprint density at radius 1 is 1.40 bits per heavy atom. The largest absolute Gasteiger partial charge is 0.392 e. The van der Waals surface area contributed by atoms with E-state index in [-0.39, 0.29) is 12.1 Å². The third kappa shape index (κ3) is 1.70. The summed E-state index contributed by atoms with van der Waals surface area (Å²) in [6.45, 7) is 1.78. The number of aliphatic hydroxyl groups is 1. The van der Waals surface area contributed by atoms with Crippen LogP contribution in [0.3, 0.4) is 0 Å². The lowest BCUT2D eigenvalue weighted by Crippen LogP contribution is -2.38. The van der Waals surface area contributed by atoms with Gasteiger partial charge in [-0.2, -0.15) is 0 Å². The molecule has 0 amide bonds. The van der Waals surface area contributed by atoms with Gasteiger partial charge in [0.05, 0.1) is 6.10 Å². The van der Waals surface area contributed by atoms with Crippen molar-refractivity contribution in [2.24, 2.45) is 11.7 Å². The highest BCUT2D eigenvalue weighted by atomic mass is 16.3. The second-order valence-electron chi connectivity index (χ2n) is 3.36. The molecule has 0 aliphatic heterocycles. The van der Waals surface area contributed by atoms with Gasteiger partial charge >= 0.3 is 0 Å². The maximum atomic E-state index is 9.16. The van der Waals surface area contributed by atoms with Gasteiger partial charge in [0.25, 0.3) is 0 Å². The van der Waals surface area contributed by atoms with Crippen molar-refractivity contribution in [1.29, 1.82) is 0 Å². The molecule has 1 aliphatic rings. The van der Waals surface area contributed by atoms with E-state index in [1.54, 1.807) is 6.92 Å². The predicted octanol–water partition coefficient (Wildman–Crippen LogP) is 0.885. The van der Waals surface area contributed by atoms with Crippen LogP contribution >= 0.6 is 0 Å². The molecule has 0 saturated heterocycles. The topological polar surface area (TPSA) is 46.2 Å². The SMILES string of the molecule is CC(O)C(N)C1CCCC1. The Kier molecular flexibility index (Phi) is 2.69. The van der Waals surface area contributed by atoms with Gasteiger partial charge in [0, 0.05) is 6.04 Å². The summed E-state index contributed by atoms with van der Waals surface area (Å²) in [5.74, 6) is 0.583. The van der Waals surface area contributed by atoms with Crippen LogP contribution in [0.25, 0.3) is 0 Å². The molecule has 1 rings (SSSR count). The summed E-state index contributed by atoms with van der Waals surface area (Å²) >= 11 is 0. The zero-order valence-electron chi connectivity index (χ0n) is 6.59. The molecular formula is C8H17NO. The molecule has 2 atom stereocenters. The number of rotatable bonds is 2. The van der Waals surface area contributed by atoms with Crippen molar-refractivity contribution in [3.63, 3.8) is 0 Å². The van der Waals surface area contributed by atoms with Gasteiger partial charge in [-0.3, -0.25) is 0 Å². The minimum absolute atomic E-state index is 0.0162. The van der Waals surface area contributed by atoms with E-state index < -0.39 is 0 Å². The molecule has 2 unspecified atom stereocenters. The highest BCUT2D eigenvalue weighted by molar-refractivity contribution is 4.80. The predicted molar refractivity (Wildman–Crippen MR) is 41.6 cm³/mol. The first-order chi connectivity index (χ1) is 4.72. The normalized spacial score (nSPS) is 26.7. The van der Waals surface area contributed by atoms with E-state index in [1.807, 2.05) is 0 Å². The zero-order valence-corrected chi connectivity index (χ0v) is 6.59. The number of aliphatic hydroxyl groups excluding tert-OH is 1. The molecule has 0 spiro atoms. The fourth-order valence-corrected chi connectivity index (χ4v) is 1.74. The van der Waals surface area contributed by atoms with Gasteiger partial charge in [-0.25, -0.2) is 0 Å². The summed E-state index contributed by atoms with van der Waals surface area (Å²) in [6.07, 6.45) is 4.69. The molecule has 0 bridgehead atoms. The van der Waals surface area contributed by atoms with E-state index in [1.165, 1.54) is 25.7 Å². The average Bonchev–Trinajstić information content (AvgIpc) is 2.36. The fourth-order valence-electron chi connectivity index (χ4n) is 1.74. The third-order valence-corrected chi connectivity index (χ3v) is 2.50. The number of nitrogens with two attached hydrogens (primary N) is 1. The van der Waals surface area contributed by atoms with Crippen LogP contribution in [0.15, 0.2) is 0 Å². The lowest BCUT2D eigenvalue weighted by atomic mass is 9.95. The Bertz CT molecular complexity index is 97.4. The molecular weight excluding hydrogens is 126 g/mol. The molecule has 10 heavy (non-hydrogen) atoms. The lowest BCUT2D eigenvalue weighted by Gasteiger charge is -2.20. The molecule has 2 heteroatoms. The van der Waals surface area contributed by atoms with Crippen LogP contribution in [-0.4, -0.2) is 17.3 Å². The maximum Gasteiger partial charge on any atom is 0.0665 e. The lowest BCUT2D eigenvalue weighted by molar-refractivity contribution is 0.135. The van der Waals surface area contributed by atoms with Crippen molar-refractivity contribution in [3.05, 3.63) is 0 Å². The number of hydrogen-bond donors (Lipinski definition) is 2. The standard InChI is InChI=1S/C8H17NO/c1-6(10)8(9)7-4-2-3-5-7/h6-8,10H,2-5,9H2,1H3. The molecule has 0 aromatic heterocycles. The molecule has 0 aromatic carbocycles. The van der Waals surface area contributed by atoms with Crippen LogP contribution in [0.5, 0.6) is 0 Å². The average molecular weight is 143 g/mol. The first kappa shape index (κ1) is 8.02. The minimum atomic E-state index is -0.330. The van der Waals surface area contributed by atoms with Crippen LogP contribution in [-0.2, 0) is 0 Å². The maximum absolute atomic E-state index is 9.16. The van der Waals surface area contributed by atoms with E-state index in [0.29, 0.717) is 5.92 Å². The van der Waals surface area contributed by atoms with Crippen molar-refractivity contribution in [2.75, 3.05) is 0 Å². The van der Waals surface area contributed by atoms with Crippen LogP contribution in [0, 0.1) is 5.92 Å². The van der Waals surface area contributed by atoms with E-state index in [4.69, 9.17) is 10.8 Å². The Morgan fingerprint density at radius 3 is 2.30 bits per heavy atom. The van der Waals surface area contributed by atoms with E-state index in [9.17, 15) is 0 Å². The summed E-state index contributed by atoms with van der Waals surface area (Å²) < 4.78 is 0. The fraction of sp³-hybridized carbons (Fsp3) is 1.00. The van der Waals surface area contributed by atoms with Crippen molar-refractivity contribution >= 4 is 0 Å². The van der Waals surface area contributed by atoms with Crippen LogP contribution in [0.2, 0.25) is 0 Å². The van der Waals surface area contributed by atoms with Crippen molar-refractivity contribution in [3.8, 4) is 0 Å². The van der Waals surface area contributed by atoms with Crippen LogP contribution in [0.1, 0.15) is 32.6 Å². The molecule has 0 aromatic rings. The molecule has 1 fully saturated rings. The Hall–Kier alpha value is -0.0800. The third-order valence-electron chi connectivity index (χ3n) is 2.50. The van der Waals surface area contributed by atoms with Crippen LogP contribution in [0.4, 0.5) is 0 Å². The van der Waals surface area contributed by atoms with Crippen molar-refractivity contribution in [1.82, 2.24) is 0 Å². The second-order valence-corrected chi connectivity index (χ2v) is 3.36. The van der Waals surface area contributed by atoms with Gasteiger partial charge < -0.3 is 10.8 Å².